The maximum absolute atomic E-state index is 5.91. The monoisotopic (exact) mass is 264 g/mol. The Morgan fingerprint density at radius 1 is 1.17 bits per heavy atom. The molecule has 0 aliphatic heterocycles. The maximum atomic E-state index is 5.91. The summed E-state index contributed by atoms with van der Waals surface area (Å²) in [6, 6.07) is 9.03. The van der Waals surface area contributed by atoms with Crippen LogP contribution < -0.4 is 14.8 Å². The minimum Gasteiger partial charge on any atom is -0.493 e. The Morgan fingerprint density at radius 2 is 2.00 bits per heavy atom. The predicted molar refractivity (Wildman–Crippen MR) is 72.1 cm³/mol. The molecule has 0 radical (unpaired) electrons. The lowest BCUT2D eigenvalue weighted by atomic mass is 10.2. The first-order valence-corrected chi connectivity index (χ1v) is 5.72. The fourth-order valence-corrected chi connectivity index (χ4v) is 1.76. The zero-order valence-electron chi connectivity index (χ0n) is 10.1. The molecule has 0 aliphatic carbocycles. The number of pyridine rings is 1. The molecule has 0 amide bonds. The van der Waals surface area contributed by atoms with Gasteiger partial charge in [-0.05, 0) is 24.3 Å². The standard InChI is InChI=1S/C13H13ClN2O2/c1-17-11-5-3-4-10(13(11)18-2)16-12-8-9(14)6-7-15-12/h3-8H,1-2H3,(H,15,16). The summed E-state index contributed by atoms with van der Waals surface area (Å²) in [5, 5.41) is 3.76. The number of hydrogen-bond acceptors (Lipinski definition) is 4. The number of aromatic nitrogens is 1. The van der Waals surface area contributed by atoms with E-state index in [1.165, 1.54) is 0 Å². The highest BCUT2D eigenvalue weighted by Crippen LogP contribution is 2.36. The summed E-state index contributed by atoms with van der Waals surface area (Å²) in [7, 11) is 3.19. The summed E-state index contributed by atoms with van der Waals surface area (Å²) in [5.41, 5.74) is 0.770. The van der Waals surface area contributed by atoms with Gasteiger partial charge in [0.05, 0.1) is 19.9 Å². The highest BCUT2D eigenvalue weighted by atomic mass is 35.5. The van der Waals surface area contributed by atoms with Crippen molar-refractivity contribution in [1.29, 1.82) is 0 Å². The topological polar surface area (TPSA) is 43.4 Å². The molecule has 18 heavy (non-hydrogen) atoms. The van der Waals surface area contributed by atoms with E-state index in [1.807, 2.05) is 18.2 Å². The summed E-state index contributed by atoms with van der Waals surface area (Å²) in [6.45, 7) is 0. The van der Waals surface area contributed by atoms with Gasteiger partial charge in [0.1, 0.15) is 5.82 Å². The molecular weight excluding hydrogens is 252 g/mol. The molecule has 2 rings (SSSR count). The lowest BCUT2D eigenvalue weighted by Crippen LogP contribution is -1.98. The average molecular weight is 265 g/mol. The van der Waals surface area contributed by atoms with E-state index in [0.717, 1.165) is 5.69 Å². The summed E-state index contributed by atoms with van der Waals surface area (Å²) < 4.78 is 10.5. The van der Waals surface area contributed by atoms with Gasteiger partial charge in [-0.3, -0.25) is 0 Å². The Morgan fingerprint density at radius 3 is 2.67 bits per heavy atom. The number of anilines is 2. The summed E-state index contributed by atoms with van der Waals surface area (Å²) >= 11 is 5.91. The molecule has 0 bridgehead atoms. The fourth-order valence-electron chi connectivity index (χ4n) is 1.60. The molecule has 2 aromatic rings. The molecule has 1 aromatic carbocycles. The lowest BCUT2D eigenvalue weighted by Gasteiger charge is -2.13. The van der Waals surface area contributed by atoms with Crippen LogP contribution in [0.5, 0.6) is 11.5 Å². The van der Waals surface area contributed by atoms with Crippen LogP contribution in [-0.4, -0.2) is 19.2 Å². The molecule has 4 nitrogen and oxygen atoms in total. The van der Waals surface area contributed by atoms with Crippen molar-refractivity contribution in [2.75, 3.05) is 19.5 Å². The average Bonchev–Trinajstić information content (AvgIpc) is 2.38. The molecule has 1 heterocycles. The molecule has 0 saturated carbocycles. The van der Waals surface area contributed by atoms with Gasteiger partial charge in [-0.1, -0.05) is 17.7 Å². The van der Waals surface area contributed by atoms with Crippen molar-refractivity contribution in [2.24, 2.45) is 0 Å². The quantitative estimate of drug-likeness (QED) is 0.918. The molecule has 0 aliphatic rings. The van der Waals surface area contributed by atoms with E-state index in [9.17, 15) is 0 Å². The van der Waals surface area contributed by atoms with Gasteiger partial charge in [-0.15, -0.1) is 0 Å². The smallest absolute Gasteiger partial charge is 0.184 e. The van der Waals surface area contributed by atoms with Crippen molar-refractivity contribution in [3.8, 4) is 11.5 Å². The van der Waals surface area contributed by atoms with Crippen molar-refractivity contribution >= 4 is 23.1 Å². The molecule has 5 heteroatoms. The van der Waals surface area contributed by atoms with Gasteiger partial charge in [0.15, 0.2) is 11.5 Å². The van der Waals surface area contributed by atoms with E-state index < -0.39 is 0 Å². The largest absolute Gasteiger partial charge is 0.493 e. The second-order valence-corrected chi connectivity index (χ2v) is 3.96. The van der Waals surface area contributed by atoms with E-state index in [2.05, 4.69) is 10.3 Å². The first kappa shape index (κ1) is 12.5. The first-order chi connectivity index (χ1) is 8.74. The van der Waals surface area contributed by atoms with E-state index >= 15 is 0 Å². The van der Waals surface area contributed by atoms with Crippen LogP contribution in [-0.2, 0) is 0 Å². The predicted octanol–water partition coefficient (Wildman–Crippen LogP) is 3.50. The van der Waals surface area contributed by atoms with Gasteiger partial charge in [0, 0.05) is 11.2 Å². The van der Waals surface area contributed by atoms with Gasteiger partial charge in [-0.25, -0.2) is 4.98 Å². The van der Waals surface area contributed by atoms with E-state index in [4.69, 9.17) is 21.1 Å². The molecule has 0 saturated heterocycles. The molecule has 1 N–H and O–H groups in total. The minimum atomic E-state index is 0.620. The Bertz CT molecular complexity index is 546. The van der Waals surface area contributed by atoms with Crippen LogP contribution in [0.2, 0.25) is 5.02 Å². The van der Waals surface area contributed by atoms with E-state index in [-0.39, 0.29) is 0 Å². The van der Waals surface area contributed by atoms with Gasteiger partial charge in [0.25, 0.3) is 0 Å². The molecule has 1 aromatic heterocycles. The third kappa shape index (κ3) is 2.65. The van der Waals surface area contributed by atoms with Crippen LogP contribution in [0, 0.1) is 0 Å². The number of hydrogen-bond donors (Lipinski definition) is 1. The number of nitrogens with zero attached hydrogens (tertiary/aromatic N) is 1. The Labute approximate surface area is 111 Å². The number of rotatable bonds is 4. The van der Waals surface area contributed by atoms with Gasteiger partial charge >= 0.3 is 0 Å². The molecule has 0 atom stereocenters. The highest BCUT2D eigenvalue weighted by molar-refractivity contribution is 6.30. The summed E-state index contributed by atoms with van der Waals surface area (Å²) in [5.74, 6) is 1.93. The second-order valence-electron chi connectivity index (χ2n) is 3.53. The van der Waals surface area contributed by atoms with Gasteiger partial charge in [-0.2, -0.15) is 0 Å². The normalized spacial score (nSPS) is 9.94. The van der Waals surface area contributed by atoms with Gasteiger partial charge in [0.2, 0.25) is 0 Å². The van der Waals surface area contributed by atoms with Crippen LogP contribution in [0.25, 0.3) is 0 Å². The lowest BCUT2D eigenvalue weighted by molar-refractivity contribution is 0.356. The molecule has 0 spiro atoms. The number of benzene rings is 1. The number of ether oxygens (including phenoxy) is 2. The van der Waals surface area contributed by atoms with Crippen LogP contribution in [0.3, 0.4) is 0 Å². The Balaban J connectivity index is 2.34. The maximum Gasteiger partial charge on any atom is 0.184 e. The third-order valence-corrected chi connectivity index (χ3v) is 2.62. The SMILES string of the molecule is COc1cccc(Nc2cc(Cl)ccn2)c1OC. The second kappa shape index (κ2) is 5.60. The Hall–Kier alpha value is -1.94. The van der Waals surface area contributed by atoms with E-state index in [0.29, 0.717) is 22.3 Å². The zero-order valence-corrected chi connectivity index (χ0v) is 10.9. The van der Waals surface area contributed by atoms with E-state index in [1.54, 1.807) is 32.5 Å². The van der Waals surface area contributed by atoms with Crippen LogP contribution in [0.1, 0.15) is 0 Å². The molecule has 94 valence electrons. The number of para-hydroxylation sites is 1. The number of halogens is 1. The highest BCUT2D eigenvalue weighted by Gasteiger charge is 2.09. The van der Waals surface area contributed by atoms with Crippen LogP contribution in [0.15, 0.2) is 36.5 Å². The molecule has 0 fully saturated rings. The van der Waals surface area contributed by atoms with Crippen LogP contribution >= 0.6 is 11.6 Å². The summed E-state index contributed by atoms with van der Waals surface area (Å²) in [6.07, 6.45) is 1.64. The molecule has 0 unspecified atom stereocenters. The number of methoxy groups -OCH3 is 2. The van der Waals surface area contributed by atoms with Crippen molar-refractivity contribution in [2.45, 2.75) is 0 Å². The van der Waals surface area contributed by atoms with Crippen molar-refractivity contribution < 1.29 is 9.47 Å². The number of nitrogens with one attached hydrogen (secondary N) is 1. The van der Waals surface area contributed by atoms with Crippen LogP contribution in [0.4, 0.5) is 11.5 Å². The molecular formula is C13H13ClN2O2. The van der Waals surface area contributed by atoms with Gasteiger partial charge < -0.3 is 14.8 Å². The summed E-state index contributed by atoms with van der Waals surface area (Å²) in [4.78, 5) is 4.17. The fraction of sp³-hybridized carbons (Fsp3) is 0.154. The zero-order chi connectivity index (χ0) is 13.0. The minimum absolute atomic E-state index is 0.620. The first-order valence-electron chi connectivity index (χ1n) is 5.34. The third-order valence-electron chi connectivity index (χ3n) is 2.39. The Kier molecular flexibility index (Phi) is 3.89. The van der Waals surface area contributed by atoms with Crippen molar-refractivity contribution in [1.82, 2.24) is 4.98 Å². The van der Waals surface area contributed by atoms with Crippen molar-refractivity contribution in [3.05, 3.63) is 41.6 Å². The van der Waals surface area contributed by atoms with Crippen molar-refractivity contribution in [3.63, 3.8) is 0 Å².